The largest absolute Gasteiger partial charge is 0.497 e. The number of amides is 1. The van der Waals surface area contributed by atoms with Gasteiger partial charge in [0.15, 0.2) is 0 Å². The lowest BCUT2D eigenvalue weighted by molar-refractivity contribution is -0.136. The van der Waals surface area contributed by atoms with Gasteiger partial charge in [0.2, 0.25) is 5.91 Å². The van der Waals surface area contributed by atoms with Crippen molar-refractivity contribution in [1.82, 2.24) is 19.8 Å². The topological polar surface area (TPSA) is 82.4 Å². The monoisotopic (exact) mass is 521 g/mol. The highest BCUT2D eigenvalue weighted by atomic mass is 16.5. The molecule has 39 heavy (non-hydrogen) atoms. The standard InChI is InChI=1S/C32H35N5O2/c1-3-26-17-29(35-21-34-26)24-5-8-28-23(14-24)6-9-30(28)37-19-32(20-37)10-12-36(13-11-32)31(38)16-22-4-7-27(39-2)15-25(22)18-33/h4-5,7-8,14-15,17,21,30H,3,6,9-13,16,19-20H2,1-2H3. The van der Waals surface area contributed by atoms with E-state index in [1.807, 2.05) is 17.0 Å². The maximum Gasteiger partial charge on any atom is 0.227 e. The van der Waals surface area contributed by atoms with Crippen molar-refractivity contribution in [2.75, 3.05) is 33.3 Å². The third-order valence-electron chi connectivity index (χ3n) is 9.04. The molecule has 1 atom stereocenters. The molecule has 1 amide bonds. The highest BCUT2D eigenvalue weighted by molar-refractivity contribution is 5.79. The summed E-state index contributed by atoms with van der Waals surface area (Å²) < 4.78 is 5.22. The SMILES string of the molecule is CCc1cc(-c2ccc3c(c2)CCC3N2CC3(CCN(C(=O)Cc4ccc(OC)cc4C#N)CC3)C2)ncn1. The van der Waals surface area contributed by atoms with Crippen LogP contribution in [0.3, 0.4) is 0 Å². The van der Waals surface area contributed by atoms with Gasteiger partial charge in [-0.15, -0.1) is 0 Å². The summed E-state index contributed by atoms with van der Waals surface area (Å²) in [6.07, 6.45) is 7.24. The van der Waals surface area contributed by atoms with E-state index in [1.165, 1.54) is 23.1 Å². The van der Waals surface area contributed by atoms with Crippen LogP contribution < -0.4 is 4.74 Å². The zero-order valence-corrected chi connectivity index (χ0v) is 22.8. The maximum atomic E-state index is 13.1. The highest BCUT2D eigenvalue weighted by Crippen LogP contribution is 2.48. The molecule has 3 heterocycles. The van der Waals surface area contributed by atoms with Crippen molar-refractivity contribution in [3.63, 3.8) is 0 Å². The minimum Gasteiger partial charge on any atom is -0.497 e. The molecule has 1 aliphatic carbocycles. The average Bonchev–Trinajstić information content (AvgIpc) is 3.39. The number of carbonyl (C=O) groups excluding carboxylic acids is 1. The van der Waals surface area contributed by atoms with Gasteiger partial charge in [0, 0.05) is 43.5 Å². The predicted octanol–water partition coefficient (Wildman–Crippen LogP) is 4.74. The zero-order valence-electron chi connectivity index (χ0n) is 22.8. The van der Waals surface area contributed by atoms with E-state index in [1.54, 1.807) is 19.5 Å². The van der Waals surface area contributed by atoms with Crippen LogP contribution in [-0.4, -0.2) is 59.0 Å². The maximum absolute atomic E-state index is 13.1. The molecule has 0 saturated carbocycles. The number of fused-ring (bicyclic) bond motifs is 1. The number of aryl methyl sites for hydroxylation is 2. The molecule has 2 aliphatic heterocycles. The average molecular weight is 522 g/mol. The lowest BCUT2D eigenvalue weighted by Gasteiger charge is -2.56. The van der Waals surface area contributed by atoms with Crippen molar-refractivity contribution in [2.24, 2.45) is 5.41 Å². The van der Waals surface area contributed by atoms with Crippen molar-refractivity contribution in [3.8, 4) is 23.1 Å². The Morgan fingerprint density at radius 2 is 1.95 bits per heavy atom. The van der Waals surface area contributed by atoms with Crippen molar-refractivity contribution in [1.29, 1.82) is 5.26 Å². The van der Waals surface area contributed by atoms with Gasteiger partial charge in [-0.1, -0.05) is 25.1 Å². The fourth-order valence-corrected chi connectivity index (χ4v) is 6.68. The Kier molecular flexibility index (Phi) is 6.82. The number of rotatable bonds is 6. The third kappa shape index (κ3) is 4.90. The first-order valence-electron chi connectivity index (χ1n) is 14.0. The van der Waals surface area contributed by atoms with Gasteiger partial charge in [-0.3, -0.25) is 9.69 Å². The summed E-state index contributed by atoms with van der Waals surface area (Å²) in [7, 11) is 1.58. The van der Waals surface area contributed by atoms with E-state index < -0.39 is 0 Å². The van der Waals surface area contributed by atoms with Crippen LogP contribution in [0.25, 0.3) is 11.3 Å². The van der Waals surface area contributed by atoms with Gasteiger partial charge in [0.25, 0.3) is 0 Å². The Balaban J connectivity index is 1.05. The van der Waals surface area contributed by atoms with E-state index in [9.17, 15) is 10.1 Å². The van der Waals surface area contributed by atoms with Gasteiger partial charge < -0.3 is 9.64 Å². The molecule has 1 unspecified atom stereocenters. The number of hydrogen-bond donors (Lipinski definition) is 0. The minimum atomic E-state index is 0.109. The minimum absolute atomic E-state index is 0.109. The van der Waals surface area contributed by atoms with Crippen LogP contribution in [0.5, 0.6) is 5.75 Å². The molecule has 6 rings (SSSR count). The van der Waals surface area contributed by atoms with Gasteiger partial charge in [-0.2, -0.15) is 5.26 Å². The Morgan fingerprint density at radius 3 is 2.69 bits per heavy atom. The lowest BCUT2D eigenvalue weighted by atomic mass is 9.71. The summed E-state index contributed by atoms with van der Waals surface area (Å²) in [5.74, 6) is 0.747. The molecule has 3 aromatic rings. The van der Waals surface area contributed by atoms with Gasteiger partial charge in [0.05, 0.1) is 30.9 Å². The summed E-state index contributed by atoms with van der Waals surface area (Å²) in [4.78, 5) is 26.5. The smallest absolute Gasteiger partial charge is 0.227 e. The number of ether oxygens (including phenoxy) is 1. The Morgan fingerprint density at radius 1 is 1.13 bits per heavy atom. The normalized spacial score (nSPS) is 19.8. The van der Waals surface area contributed by atoms with Crippen LogP contribution >= 0.6 is 0 Å². The molecule has 0 radical (unpaired) electrons. The van der Waals surface area contributed by atoms with Crippen LogP contribution in [0.15, 0.2) is 48.8 Å². The van der Waals surface area contributed by atoms with Crippen LogP contribution in [-0.2, 0) is 24.1 Å². The number of hydrogen-bond acceptors (Lipinski definition) is 6. The number of benzene rings is 2. The van der Waals surface area contributed by atoms with E-state index >= 15 is 0 Å². The molecule has 0 bridgehead atoms. The van der Waals surface area contributed by atoms with Gasteiger partial charge in [0.1, 0.15) is 12.1 Å². The van der Waals surface area contributed by atoms with Crippen molar-refractivity contribution in [2.45, 2.75) is 51.5 Å². The van der Waals surface area contributed by atoms with Crippen LogP contribution in [0.4, 0.5) is 0 Å². The second-order valence-electron chi connectivity index (χ2n) is 11.3. The second kappa shape index (κ2) is 10.4. The van der Waals surface area contributed by atoms with Crippen LogP contribution in [0.2, 0.25) is 0 Å². The molecule has 3 aliphatic rings. The highest BCUT2D eigenvalue weighted by Gasteiger charge is 2.48. The molecule has 7 heteroatoms. The molecule has 2 fully saturated rings. The number of aromatic nitrogens is 2. The molecule has 200 valence electrons. The molecule has 2 aromatic carbocycles. The fourth-order valence-electron chi connectivity index (χ4n) is 6.68. The van der Waals surface area contributed by atoms with E-state index in [4.69, 9.17) is 4.74 Å². The van der Waals surface area contributed by atoms with Crippen LogP contribution in [0, 0.1) is 16.7 Å². The van der Waals surface area contributed by atoms with E-state index in [-0.39, 0.29) is 12.3 Å². The predicted molar refractivity (Wildman–Crippen MR) is 149 cm³/mol. The number of nitriles is 1. The first-order valence-corrected chi connectivity index (χ1v) is 14.0. The number of carbonyl (C=O) groups is 1. The molecule has 1 spiro atoms. The van der Waals surface area contributed by atoms with Crippen LogP contribution in [0.1, 0.15) is 60.2 Å². The third-order valence-corrected chi connectivity index (χ3v) is 9.04. The van der Waals surface area contributed by atoms with E-state index in [0.717, 1.165) is 68.8 Å². The van der Waals surface area contributed by atoms with E-state index in [0.29, 0.717) is 22.8 Å². The molecular weight excluding hydrogens is 486 g/mol. The number of likely N-dealkylation sites (tertiary alicyclic amines) is 2. The summed E-state index contributed by atoms with van der Waals surface area (Å²) in [5.41, 5.74) is 7.79. The molecular formula is C32H35N5O2. The lowest BCUT2D eigenvalue weighted by Crippen LogP contribution is -2.61. The number of methoxy groups -OCH3 is 1. The summed E-state index contributed by atoms with van der Waals surface area (Å²) >= 11 is 0. The van der Waals surface area contributed by atoms with Gasteiger partial charge >= 0.3 is 0 Å². The van der Waals surface area contributed by atoms with Crippen molar-refractivity contribution in [3.05, 3.63) is 76.7 Å². The van der Waals surface area contributed by atoms with Crippen molar-refractivity contribution >= 4 is 5.91 Å². The summed E-state index contributed by atoms with van der Waals surface area (Å²) in [5, 5.41) is 9.49. The number of nitrogens with zero attached hydrogens (tertiary/aromatic N) is 5. The van der Waals surface area contributed by atoms with Crippen molar-refractivity contribution < 1.29 is 9.53 Å². The molecule has 1 aromatic heterocycles. The quantitative estimate of drug-likeness (QED) is 0.466. The van der Waals surface area contributed by atoms with Gasteiger partial charge in [-0.05, 0) is 78.5 Å². The molecule has 2 saturated heterocycles. The Bertz CT molecular complexity index is 1430. The summed E-state index contributed by atoms with van der Waals surface area (Å²) in [6, 6.07) is 17.0. The Hall–Kier alpha value is -3.76. The first kappa shape index (κ1) is 25.5. The summed E-state index contributed by atoms with van der Waals surface area (Å²) in [6.45, 7) is 5.95. The second-order valence-corrected chi connectivity index (χ2v) is 11.3. The first-order chi connectivity index (χ1) is 19.0. The molecule has 0 N–H and O–H groups in total. The Labute approximate surface area is 230 Å². The molecule has 7 nitrogen and oxygen atoms in total. The fraction of sp³-hybridized carbons (Fsp3) is 0.438. The van der Waals surface area contributed by atoms with E-state index in [2.05, 4.69) is 52.1 Å². The zero-order chi connectivity index (χ0) is 27.0. The number of piperidine rings is 1. The van der Waals surface area contributed by atoms with Gasteiger partial charge in [-0.25, -0.2) is 9.97 Å².